The lowest BCUT2D eigenvalue weighted by Crippen LogP contribution is -2.27. The van der Waals surface area contributed by atoms with Gasteiger partial charge in [-0.3, -0.25) is 4.90 Å². The summed E-state index contributed by atoms with van der Waals surface area (Å²) in [7, 11) is -3.31. The van der Waals surface area contributed by atoms with Gasteiger partial charge in [-0.15, -0.1) is 0 Å². The zero-order valence-corrected chi connectivity index (χ0v) is 16.8. The van der Waals surface area contributed by atoms with Crippen molar-refractivity contribution in [2.45, 2.75) is 71.1 Å². The summed E-state index contributed by atoms with van der Waals surface area (Å²) in [5, 5.41) is 0.272. The molecule has 1 heterocycles. The van der Waals surface area contributed by atoms with E-state index in [1.165, 1.54) is 0 Å². The van der Waals surface area contributed by atoms with Crippen LogP contribution in [0.3, 0.4) is 0 Å². The number of aromatic nitrogens is 2. The van der Waals surface area contributed by atoms with E-state index in [0.29, 0.717) is 12.5 Å². The van der Waals surface area contributed by atoms with Crippen molar-refractivity contribution in [2.75, 3.05) is 18.8 Å². The van der Waals surface area contributed by atoms with Crippen molar-refractivity contribution in [3.8, 4) is 0 Å². The van der Waals surface area contributed by atoms with Gasteiger partial charge in [-0.2, -0.15) is 0 Å². The summed E-state index contributed by atoms with van der Waals surface area (Å²) < 4.78 is 27.7. The van der Waals surface area contributed by atoms with Crippen molar-refractivity contribution in [1.29, 1.82) is 0 Å². The Kier molecular flexibility index (Phi) is 7.25. The van der Waals surface area contributed by atoms with Crippen LogP contribution in [-0.2, 0) is 22.9 Å². The van der Waals surface area contributed by atoms with Gasteiger partial charge < -0.3 is 4.57 Å². The van der Waals surface area contributed by atoms with Crippen LogP contribution in [0.15, 0.2) is 23.5 Å². The molecule has 0 radical (unpaired) electrons. The summed E-state index contributed by atoms with van der Waals surface area (Å²) in [6.07, 6.45) is 6.96. The lowest BCUT2D eigenvalue weighted by molar-refractivity contribution is 0.293. The minimum atomic E-state index is -3.31. The van der Waals surface area contributed by atoms with Gasteiger partial charge in [-0.1, -0.05) is 38.8 Å². The fraction of sp³-hybridized carbons (Fsp3) is 0.737. The molecule has 5 nitrogen and oxygen atoms in total. The Hall–Kier alpha value is -1.14. The van der Waals surface area contributed by atoms with Crippen molar-refractivity contribution >= 4 is 9.84 Å². The monoisotopic (exact) mass is 367 g/mol. The van der Waals surface area contributed by atoms with E-state index in [2.05, 4.69) is 30.3 Å². The van der Waals surface area contributed by atoms with Crippen molar-refractivity contribution < 1.29 is 8.42 Å². The van der Waals surface area contributed by atoms with Crippen LogP contribution < -0.4 is 0 Å². The van der Waals surface area contributed by atoms with E-state index in [1.807, 2.05) is 11.5 Å². The smallest absolute Gasteiger partial charge is 0.227 e. The molecule has 0 atom stereocenters. The normalized spacial score (nSPS) is 15.5. The van der Waals surface area contributed by atoms with Gasteiger partial charge >= 0.3 is 0 Å². The predicted octanol–water partition coefficient (Wildman–Crippen LogP) is 3.66. The molecule has 0 unspecified atom stereocenters. The average molecular weight is 368 g/mol. The zero-order valence-electron chi connectivity index (χ0n) is 16.0. The number of likely N-dealkylation sites (N-methyl/N-ethyl adjacent to an activating group) is 1. The first-order chi connectivity index (χ1) is 11.9. The molecular formula is C19H33N3O2S. The summed E-state index contributed by atoms with van der Waals surface area (Å²) >= 11 is 0. The lowest BCUT2D eigenvalue weighted by Gasteiger charge is -2.25. The van der Waals surface area contributed by atoms with Crippen LogP contribution in [-0.4, -0.2) is 41.7 Å². The summed E-state index contributed by atoms with van der Waals surface area (Å²) in [6, 6.07) is 0. The number of hydrogen-bond acceptors (Lipinski definition) is 4. The Morgan fingerprint density at radius 1 is 1.40 bits per heavy atom. The molecule has 0 aliphatic heterocycles. The second-order valence-electron chi connectivity index (χ2n) is 7.38. The number of rotatable bonds is 11. The Bertz CT molecular complexity index is 675. The molecule has 1 aromatic heterocycles. The van der Waals surface area contributed by atoms with Crippen molar-refractivity contribution in [3.63, 3.8) is 0 Å². The Labute approximate surface area is 153 Å². The molecular weight excluding hydrogens is 334 g/mol. The van der Waals surface area contributed by atoms with Gasteiger partial charge in [0.05, 0.1) is 17.6 Å². The van der Waals surface area contributed by atoms with Gasteiger partial charge in [0.1, 0.15) is 0 Å². The average Bonchev–Trinajstić information content (AvgIpc) is 2.91. The van der Waals surface area contributed by atoms with Crippen LogP contribution in [0.25, 0.3) is 0 Å². The van der Waals surface area contributed by atoms with E-state index in [-0.39, 0.29) is 10.9 Å². The first-order valence-corrected chi connectivity index (χ1v) is 11.2. The number of sulfone groups is 1. The van der Waals surface area contributed by atoms with Gasteiger partial charge in [0.2, 0.25) is 15.0 Å². The molecule has 1 fully saturated rings. The van der Waals surface area contributed by atoms with Gasteiger partial charge in [-0.25, -0.2) is 13.4 Å². The van der Waals surface area contributed by atoms with Gasteiger partial charge in [0.25, 0.3) is 0 Å². The minimum Gasteiger partial charge on any atom is -0.318 e. The van der Waals surface area contributed by atoms with E-state index in [9.17, 15) is 8.42 Å². The molecule has 0 N–H and O–H groups in total. The predicted molar refractivity (Wildman–Crippen MR) is 102 cm³/mol. The Balaban J connectivity index is 2.24. The van der Waals surface area contributed by atoms with Crippen molar-refractivity contribution in [3.05, 3.63) is 24.0 Å². The number of hydrogen-bond donors (Lipinski definition) is 0. The third kappa shape index (κ3) is 5.42. The maximum atomic E-state index is 12.9. The molecule has 0 spiro atoms. The Morgan fingerprint density at radius 2 is 2.12 bits per heavy atom. The van der Waals surface area contributed by atoms with Crippen molar-refractivity contribution in [1.82, 2.24) is 14.5 Å². The van der Waals surface area contributed by atoms with Crippen LogP contribution in [0, 0.1) is 5.92 Å². The molecule has 25 heavy (non-hydrogen) atoms. The van der Waals surface area contributed by atoms with Crippen LogP contribution in [0.4, 0.5) is 0 Å². The van der Waals surface area contributed by atoms with Crippen molar-refractivity contribution in [2.24, 2.45) is 5.92 Å². The van der Waals surface area contributed by atoms with Gasteiger partial charge in [0.15, 0.2) is 0 Å². The van der Waals surface area contributed by atoms with E-state index in [0.717, 1.165) is 63.0 Å². The van der Waals surface area contributed by atoms with Crippen LogP contribution in [0.5, 0.6) is 0 Å². The number of nitrogens with zero attached hydrogens (tertiary/aromatic N) is 3. The molecule has 1 aromatic rings. The quantitative estimate of drug-likeness (QED) is 0.560. The van der Waals surface area contributed by atoms with E-state index < -0.39 is 9.84 Å². The summed E-state index contributed by atoms with van der Waals surface area (Å²) in [6.45, 7) is 13.4. The number of imidazole rings is 1. The largest absolute Gasteiger partial charge is 0.318 e. The molecule has 1 aliphatic rings. The molecule has 0 aromatic carbocycles. The molecule has 0 bridgehead atoms. The highest BCUT2D eigenvalue weighted by Gasteiger charge is 2.30. The third-order valence-electron chi connectivity index (χ3n) is 4.92. The highest BCUT2D eigenvalue weighted by atomic mass is 32.2. The summed E-state index contributed by atoms with van der Waals surface area (Å²) in [5.41, 5.74) is 2.10. The van der Waals surface area contributed by atoms with Crippen LogP contribution in [0.1, 0.15) is 58.6 Å². The molecule has 0 amide bonds. The summed E-state index contributed by atoms with van der Waals surface area (Å²) in [4.78, 5) is 6.61. The first-order valence-electron chi connectivity index (χ1n) is 9.51. The second kappa shape index (κ2) is 8.99. The molecule has 1 aliphatic carbocycles. The zero-order chi connectivity index (χ0) is 18.4. The summed E-state index contributed by atoms with van der Waals surface area (Å²) in [5.74, 6) is 0.569. The lowest BCUT2D eigenvalue weighted by atomic mass is 9.87. The molecule has 142 valence electrons. The molecule has 0 saturated heterocycles. The highest BCUT2D eigenvalue weighted by Crippen LogP contribution is 2.29. The van der Waals surface area contributed by atoms with Crippen LogP contribution >= 0.6 is 0 Å². The van der Waals surface area contributed by atoms with E-state index in [4.69, 9.17) is 0 Å². The third-order valence-corrected chi connectivity index (χ3v) is 6.71. The fourth-order valence-corrected chi connectivity index (χ4v) is 5.12. The Morgan fingerprint density at radius 3 is 2.64 bits per heavy atom. The maximum absolute atomic E-state index is 12.9. The topological polar surface area (TPSA) is 55.2 Å². The standard InChI is InChI=1S/C19H33N3O2S/c1-5-7-11-22-18(14-21(6-2)13-16(3)4)12-20-19(22)25(23,24)15-17-9-8-10-17/h12,17H,3,5-11,13-15H2,1-2,4H3. The highest BCUT2D eigenvalue weighted by molar-refractivity contribution is 7.91. The molecule has 6 heteroatoms. The fourth-order valence-electron chi connectivity index (χ4n) is 3.26. The maximum Gasteiger partial charge on any atom is 0.227 e. The number of unbranched alkanes of at least 4 members (excludes halogenated alkanes) is 1. The minimum absolute atomic E-state index is 0.249. The SMILES string of the molecule is C=C(C)CN(CC)Cc1cnc(S(=O)(=O)CC2CCC2)n1CCCC. The van der Waals surface area contributed by atoms with Crippen LogP contribution in [0.2, 0.25) is 0 Å². The molecule has 2 rings (SSSR count). The van der Waals surface area contributed by atoms with E-state index in [1.54, 1.807) is 6.20 Å². The molecule has 1 saturated carbocycles. The van der Waals surface area contributed by atoms with Gasteiger partial charge in [0, 0.05) is 19.6 Å². The van der Waals surface area contributed by atoms with Gasteiger partial charge in [-0.05, 0) is 38.6 Å². The van der Waals surface area contributed by atoms with E-state index >= 15 is 0 Å². The second-order valence-corrected chi connectivity index (χ2v) is 9.30. The first kappa shape index (κ1) is 20.2.